The Morgan fingerprint density at radius 2 is 2.33 bits per heavy atom. The van der Waals surface area contributed by atoms with E-state index in [1.54, 1.807) is 12.1 Å². The van der Waals surface area contributed by atoms with Crippen molar-refractivity contribution in [3.8, 4) is 0 Å². The van der Waals surface area contributed by atoms with Gasteiger partial charge in [-0.05, 0) is 24.6 Å². The van der Waals surface area contributed by atoms with Crippen LogP contribution in [0.15, 0.2) is 24.3 Å². The number of ether oxygens (including phenoxy) is 1. The first-order chi connectivity index (χ1) is 7.25. The summed E-state index contributed by atoms with van der Waals surface area (Å²) in [6.07, 6.45) is -0.415. The Morgan fingerprint density at radius 3 is 3.07 bits per heavy atom. The van der Waals surface area contributed by atoms with Crippen molar-refractivity contribution in [2.24, 2.45) is 0 Å². The van der Waals surface area contributed by atoms with Crippen LogP contribution in [0.4, 0.5) is 10.1 Å². The number of hydrogen-bond acceptors (Lipinski definition) is 2. The summed E-state index contributed by atoms with van der Waals surface area (Å²) in [6, 6.07) is 7.05. The normalized spacial score (nSPS) is 26.3. The van der Waals surface area contributed by atoms with Gasteiger partial charge < -0.3 is 10.1 Å². The Balaban J connectivity index is 2.01. The zero-order chi connectivity index (χ0) is 10.7. The van der Waals surface area contributed by atoms with Crippen LogP contribution in [-0.4, -0.2) is 18.8 Å². The Bertz CT molecular complexity index is 334. The van der Waals surface area contributed by atoms with Gasteiger partial charge in [-0.2, -0.15) is 0 Å². The van der Waals surface area contributed by atoms with Crippen molar-refractivity contribution in [2.45, 2.75) is 18.6 Å². The highest BCUT2D eigenvalue weighted by atomic mass is 35.5. The Kier molecular flexibility index (Phi) is 3.44. The average molecular weight is 229 g/mol. The van der Waals surface area contributed by atoms with Gasteiger partial charge in [-0.1, -0.05) is 17.7 Å². The minimum Gasteiger partial charge on any atom is -0.379 e. The summed E-state index contributed by atoms with van der Waals surface area (Å²) in [7, 11) is 0. The van der Waals surface area contributed by atoms with Crippen LogP contribution in [0, 0.1) is 6.61 Å². The highest BCUT2D eigenvalue weighted by Crippen LogP contribution is 2.21. The summed E-state index contributed by atoms with van der Waals surface area (Å²) in [5.74, 6) is 0. The number of hydrogen-bond donors (Lipinski definition) is 1. The van der Waals surface area contributed by atoms with Gasteiger partial charge in [0.15, 0.2) is 0 Å². The number of alkyl halides is 1. The van der Waals surface area contributed by atoms with E-state index in [1.165, 1.54) is 6.61 Å². The highest BCUT2D eigenvalue weighted by molar-refractivity contribution is 6.30. The molecular formula is C11H12ClFNO. The van der Waals surface area contributed by atoms with Crippen molar-refractivity contribution in [2.75, 3.05) is 11.9 Å². The smallest absolute Gasteiger partial charge is 0.149 e. The van der Waals surface area contributed by atoms with Gasteiger partial charge >= 0.3 is 0 Å². The SMILES string of the molecule is FC1[CH]OCCC1Nc1cccc(Cl)c1. The lowest BCUT2D eigenvalue weighted by molar-refractivity contribution is 0.0847. The molecule has 81 valence electrons. The van der Waals surface area contributed by atoms with Crippen LogP contribution in [0.1, 0.15) is 6.42 Å². The molecule has 2 nitrogen and oxygen atoms in total. The molecule has 2 rings (SSSR count). The van der Waals surface area contributed by atoms with E-state index in [4.69, 9.17) is 16.3 Å². The third-order valence-electron chi connectivity index (χ3n) is 2.33. The predicted molar refractivity (Wildman–Crippen MR) is 58.6 cm³/mol. The van der Waals surface area contributed by atoms with Crippen molar-refractivity contribution in [3.63, 3.8) is 0 Å². The molecule has 15 heavy (non-hydrogen) atoms. The second kappa shape index (κ2) is 4.81. The monoisotopic (exact) mass is 228 g/mol. The number of anilines is 1. The zero-order valence-electron chi connectivity index (χ0n) is 8.12. The molecule has 4 heteroatoms. The topological polar surface area (TPSA) is 21.3 Å². The van der Waals surface area contributed by atoms with Gasteiger partial charge in [0.2, 0.25) is 0 Å². The molecule has 2 unspecified atom stereocenters. The first kappa shape index (κ1) is 10.7. The third kappa shape index (κ3) is 2.83. The molecule has 1 radical (unpaired) electrons. The summed E-state index contributed by atoms with van der Waals surface area (Å²) in [4.78, 5) is 0. The zero-order valence-corrected chi connectivity index (χ0v) is 8.88. The van der Waals surface area contributed by atoms with E-state index in [9.17, 15) is 4.39 Å². The molecule has 1 saturated heterocycles. The highest BCUT2D eigenvalue weighted by Gasteiger charge is 2.25. The second-order valence-corrected chi connectivity index (χ2v) is 3.94. The van der Waals surface area contributed by atoms with Gasteiger partial charge in [0, 0.05) is 17.3 Å². The lowest BCUT2D eigenvalue weighted by atomic mass is 10.1. The Labute approximate surface area is 93.4 Å². The summed E-state index contributed by atoms with van der Waals surface area (Å²) in [5.41, 5.74) is 0.838. The quantitative estimate of drug-likeness (QED) is 0.840. The minimum absolute atomic E-state index is 0.225. The maximum Gasteiger partial charge on any atom is 0.149 e. The first-order valence-corrected chi connectivity index (χ1v) is 5.24. The van der Waals surface area contributed by atoms with E-state index in [0.29, 0.717) is 18.1 Å². The van der Waals surface area contributed by atoms with E-state index in [1.807, 2.05) is 12.1 Å². The molecule has 1 aliphatic heterocycles. The maximum atomic E-state index is 13.4. The summed E-state index contributed by atoms with van der Waals surface area (Å²) in [6.45, 7) is 1.80. The van der Waals surface area contributed by atoms with Crippen LogP contribution in [0.25, 0.3) is 0 Å². The number of nitrogens with one attached hydrogen (secondary N) is 1. The van der Waals surface area contributed by atoms with Crippen LogP contribution in [0.2, 0.25) is 5.02 Å². The molecule has 1 aromatic carbocycles. The largest absolute Gasteiger partial charge is 0.379 e. The van der Waals surface area contributed by atoms with Gasteiger partial charge in [0.25, 0.3) is 0 Å². The van der Waals surface area contributed by atoms with E-state index in [0.717, 1.165) is 5.69 Å². The molecule has 0 bridgehead atoms. The van der Waals surface area contributed by atoms with Crippen LogP contribution < -0.4 is 5.32 Å². The maximum absolute atomic E-state index is 13.4. The molecule has 0 aromatic heterocycles. The third-order valence-corrected chi connectivity index (χ3v) is 2.57. The molecule has 2 atom stereocenters. The second-order valence-electron chi connectivity index (χ2n) is 3.50. The Morgan fingerprint density at radius 1 is 1.47 bits per heavy atom. The predicted octanol–water partition coefficient (Wildman–Crippen LogP) is 3.04. The summed E-state index contributed by atoms with van der Waals surface area (Å²) >= 11 is 5.83. The number of halogens is 2. The molecule has 0 aliphatic carbocycles. The summed E-state index contributed by atoms with van der Waals surface area (Å²) in [5, 5.41) is 3.75. The van der Waals surface area contributed by atoms with Gasteiger partial charge in [-0.15, -0.1) is 0 Å². The van der Waals surface area contributed by atoms with Crippen molar-refractivity contribution in [1.82, 2.24) is 0 Å². The molecule has 0 spiro atoms. The lowest BCUT2D eigenvalue weighted by Crippen LogP contribution is -2.36. The molecule has 1 aliphatic rings. The molecular weight excluding hydrogens is 217 g/mol. The fourth-order valence-electron chi connectivity index (χ4n) is 1.55. The minimum atomic E-state index is -1.07. The molecule has 1 fully saturated rings. The van der Waals surface area contributed by atoms with E-state index >= 15 is 0 Å². The standard InChI is InChI=1S/C11H12ClFNO/c12-8-2-1-3-9(6-8)14-11-4-5-15-7-10(11)13/h1-3,6-7,10-11,14H,4-5H2. The van der Waals surface area contributed by atoms with E-state index < -0.39 is 6.17 Å². The van der Waals surface area contributed by atoms with Crippen molar-refractivity contribution in [3.05, 3.63) is 35.9 Å². The van der Waals surface area contributed by atoms with Crippen molar-refractivity contribution in [1.29, 1.82) is 0 Å². The average Bonchev–Trinajstić information content (AvgIpc) is 2.22. The first-order valence-electron chi connectivity index (χ1n) is 4.87. The fourth-order valence-corrected chi connectivity index (χ4v) is 1.74. The van der Waals surface area contributed by atoms with Crippen LogP contribution in [0.5, 0.6) is 0 Å². The van der Waals surface area contributed by atoms with Crippen molar-refractivity contribution >= 4 is 17.3 Å². The van der Waals surface area contributed by atoms with E-state index in [-0.39, 0.29) is 6.04 Å². The van der Waals surface area contributed by atoms with Crippen molar-refractivity contribution < 1.29 is 9.13 Å². The van der Waals surface area contributed by atoms with Gasteiger partial charge in [0.1, 0.15) is 12.8 Å². The van der Waals surface area contributed by atoms with Crippen LogP contribution in [-0.2, 0) is 4.74 Å². The molecule has 0 saturated carbocycles. The fraction of sp³-hybridized carbons (Fsp3) is 0.364. The van der Waals surface area contributed by atoms with E-state index in [2.05, 4.69) is 5.32 Å². The Hall–Kier alpha value is -0.800. The molecule has 0 amide bonds. The van der Waals surface area contributed by atoms with Crippen LogP contribution >= 0.6 is 11.6 Å². The number of rotatable bonds is 2. The van der Waals surface area contributed by atoms with Crippen LogP contribution in [0.3, 0.4) is 0 Å². The summed E-state index contributed by atoms with van der Waals surface area (Å²) < 4.78 is 18.3. The lowest BCUT2D eigenvalue weighted by Gasteiger charge is -2.27. The molecule has 1 N–H and O–H groups in total. The molecule has 1 aromatic rings. The van der Waals surface area contributed by atoms with Gasteiger partial charge in [0.05, 0.1) is 6.04 Å². The van der Waals surface area contributed by atoms with Gasteiger partial charge in [-0.25, -0.2) is 4.39 Å². The van der Waals surface area contributed by atoms with Gasteiger partial charge in [-0.3, -0.25) is 0 Å². The molecule has 1 heterocycles. The number of benzene rings is 1.